The SMILES string of the molecule is COCCN(c1cc(C(=O)O)c(Cl)cn1)C(C)C. The molecule has 5 nitrogen and oxygen atoms in total. The Balaban J connectivity index is 3.05. The minimum Gasteiger partial charge on any atom is -0.478 e. The predicted molar refractivity (Wildman–Crippen MR) is 70.6 cm³/mol. The van der Waals surface area contributed by atoms with Crippen LogP contribution in [0.25, 0.3) is 0 Å². The molecular formula is C12H17ClN2O3. The molecule has 0 aromatic carbocycles. The van der Waals surface area contributed by atoms with Crippen LogP contribution >= 0.6 is 11.6 Å². The van der Waals surface area contributed by atoms with Gasteiger partial charge in [-0.25, -0.2) is 9.78 Å². The van der Waals surface area contributed by atoms with Gasteiger partial charge in [-0.15, -0.1) is 0 Å². The highest BCUT2D eigenvalue weighted by Crippen LogP contribution is 2.21. The van der Waals surface area contributed by atoms with Crippen molar-refractivity contribution >= 4 is 23.4 Å². The molecular weight excluding hydrogens is 256 g/mol. The predicted octanol–water partition coefficient (Wildman–Crippen LogP) is 2.29. The molecule has 0 fully saturated rings. The number of carbonyl (C=O) groups is 1. The van der Waals surface area contributed by atoms with Crippen molar-refractivity contribution < 1.29 is 14.6 Å². The van der Waals surface area contributed by atoms with Gasteiger partial charge >= 0.3 is 5.97 Å². The van der Waals surface area contributed by atoms with Crippen molar-refractivity contribution in [3.8, 4) is 0 Å². The van der Waals surface area contributed by atoms with Crippen LogP contribution in [0.5, 0.6) is 0 Å². The molecule has 1 aromatic heterocycles. The van der Waals surface area contributed by atoms with E-state index in [-0.39, 0.29) is 16.6 Å². The normalized spacial score (nSPS) is 10.7. The van der Waals surface area contributed by atoms with Crippen molar-refractivity contribution in [1.29, 1.82) is 0 Å². The van der Waals surface area contributed by atoms with Crippen LogP contribution in [0.15, 0.2) is 12.3 Å². The second-order valence-corrected chi connectivity index (χ2v) is 4.51. The quantitative estimate of drug-likeness (QED) is 0.861. The molecule has 0 amide bonds. The molecule has 0 aliphatic rings. The maximum atomic E-state index is 11.0. The Morgan fingerprint density at radius 1 is 1.61 bits per heavy atom. The summed E-state index contributed by atoms with van der Waals surface area (Å²) < 4.78 is 5.03. The average Bonchev–Trinajstić information content (AvgIpc) is 2.30. The fraction of sp³-hybridized carbons (Fsp3) is 0.500. The van der Waals surface area contributed by atoms with Crippen LogP contribution in [-0.2, 0) is 4.74 Å². The number of rotatable bonds is 6. The van der Waals surface area contributed by atoms with Crippen molar-refractivity contribution in [2.45, 2.75) is 19.9 Å². The van der Waals surface area contributed by atoms with Gasteiger partial charge in [0.2, 0.25) is 0 Å². The summed E-state index contributed by atoms with van der Waals surface area (Å²) in [6, 6.07) is 1.68. The first kappa shape index (κ1) is 14.7. The highest BCUT2D eigenvalue weighted by atomic mass is 35.5. The van der Waals surface area contributed by atoms with Crippen LogP contribution in [0.1, 0.15) is 24.2 Å². The first-order valence-electron chi connectivity index (χ1n) is 5.61. The molecule has 0 unspecified atom stereocenters. The van der Waals surface area contributed by atoms with Crippen molar-refractivity contribution in [3.05, 3.63) is 22.8 Å². The third kappa shape index (κ3) is 3.58. The molecule has 100 valence electrons. The summed E-state index contributed by atoms with van der Waals surface area (Å²) in [6.07, 6.45) is 1.36. The Morgan fingerprint density at radius 3 is 2.78 bits per heavy atom. The fourth-order valence-corrected chi connectivity index (χ4v) is 1.76. The molecule has 0 bridgehead atoms. The topological polar surface area (TPSA) is 62.7 Å². The molecule has 0 aliphatic carbocycles. The van der Waals surface area contributed by atoms with Crippen molar-refractivity contribution in [3.63, 3.8) is 0 Å². The summed E-state index contributed by atoms with van der Waals surface area (Å²) in [5, 5.41) is 9.17. The lowest BCUT2D eigenvalue weighted by molar-refractivity contribution is 0.0697. The van der Waals surface area contributed by atoms with E-state index in [9.17, 15) is 4.79 Å². The van der Waals surface area contributed by atoms with Gasteiger partial charge < -0.3 is 14.7 Å². The van der Waals surface area contributed by atoms with Gasteiger partial charge in [-0.2, -0.15) is 0 Å². The zero-order chi connectivity index (χ0) is 13.7. The second kappa shape index (κ2) is 6.56. The van der Waals surface area contributed by atoms with E-state index in [0.717, 1.165) is 0 Å². The maximum absolute atomic E-state index is 11.0. The number of carboxylic acids is 1. The molecule has 0 saturated heterocycles. The van der Waals surface area contributed by atoms with E-state index in [0.29, 0.717) is 19.0 Å². The van der Waals surface area contributed by atoms with E-state index in [1.807, 2.05) is 18.7 Å². The van der Waals surface area contributed by atoms with Crippen LogP contribution in [0, 0.1) is 0 Å². The summed E-state index contributed by atoms with van der Waals surface area (Å²) in [5.74, 6) is -0.469. The molecule has 0 saturated carbocycles. The summed E-state index contributed by atoms with van der Waals surface area (Å²) >= 11 is 5.79. The average molecular weight is 273 g/mol. The minimum absolute atomic E-state index is 0.0599. The number of ether oxygens (including phenoxy) is 1. The van der Waals surface area contributed by atoms with E-state index in [1.165, 1.54) is 12.3 Å². The number of aromatic nitrogens is 1. The van der Waals surface area contributed by atoms with Gasteiger partial charge in [0.25, 0.3) is 0 Å². The number of hydrogen-bond acceptors (Lipinski definition) is 4. The van der Waals surface area contributed by atoms with Gasteiger partial charge in [0.15, 0.2) is 0 Å². The highest BCUT2D eigenvalue weighted by Gasteiger charge is 2.16. The van der Waals surface area contributed by atoms with E-state index >= 15 is 0 Å². The standard InChI is InChI=1S/C12H17ClN2O3/c1-8(2)15(4-5-18-3)11-6-9(12(16)17)10(13)7-14-11/h6-8H,4-5H2,1-3H3,(H,16,17). The molecule has 1 rings (SSSR count). The Labute approximate surface area is 111 Å². The van der Waals surface area contributed by atoms with E-state index < -0.39 is 5.97 Å². The molecule has 18 heavy (non-hydrogen) atoms. The van der Waals surface area contributed by atoms with Gasteiger partial charge in [-0.05, 0) is 19.9 Å². The van der Waals surface area contributed by atoms with Gasteiger partial charge in [-0.1, -0.05) is 11.6 Å². The largest absolute Gasteiger partial charge is 0.478 e. The molecule has 1 aromatic rings. The third-order valence-corrected chi connectivity index (χ3v) is 2.83. The summed E-state index contributed by atoms with van der Waals surface area (Å²) in [5.41, 5.74) is 0.0599. The Morgan fingerprint density at radius 2 is 2.28 bits per heavy atom. The fourth-order valence-electron chi connectivity index (χ4n) is 1.58. The molecule has 0 radical (unpaired) electrons. The molecule has 6 heteroatoms. The number of carboxylic acid groups (broad SMARTS) is 1. The number of aromatic carboxylic acids is 1. The van der Waals surface area contributed by atoms with Gasteiger partial charge in [0.1, 0.15) is 5.82 Å². The molecule has 0 spiro atoms. The lowest BCUT2D eigenvalue weighted by Crippen LogP contribution is -2.34. The minimum atomic E-state index is -1.06. The number of pyridine rings is 1. The highest BCUT2D eigenvalue weighted by molar-refractivity contribution is 6.33. The van der Waals surface area contributed by atoms with Crippen molar-refractivity contribution in [2.75, 3.05) is 25.2 Å². The lowest BCUT2D eigenvalue weighted by Gasteiger charge is -2.27. The monoisotopic (exact) mass is 272 g/mol. The smallest absolute Gasteiger partial charge is 0.337 e. The Bertz CT molecular complexity index is 424. The van der Waals surface area contributed by atoms with Crippen molar-refractivity contribution in [2.24, 2.45) is 0 Å². The van der Waals surface area contributed by atoms with E-state index in [4.69, 9.17) is 21.4 Å². The lowest BCUT2D eigenvalue weighted by atomic mass is 10.2. The molecule has 1 heterocycles. The number of halogens is 1. The molecule has 1 N–H and O–H groups in total. The second-order valence-electron chi connectivity index (χ2n) is 4.11. The number of anilines is 1. The van der Waals surface area contributed by atoms with Gasteiger partial charge in [0.05, 0.1) is 17.2 Å². The van der Waals surface area contributed by atoms with Gasteiger partial charge in [-0.3, -0.25) is 0 Å². The van der Waals surface area contributed by atoms with Crippen LogP contribution < -0.4 is 4.90 Å². The van der Waals surface area contributed by atoms with Crippen molar-refractivity contribution in [1.82, 2.24) is 4.98 Å². The zero-order valence-electron chi connectivity index (χ0n) is 10.7. The molecule has 0 atom stereocenters. The Kier molecular flexibility index (Phi) is 5.37. The first-order chi connectivity index (χ1) is 8.47. The molecule has 0 aliphatic heterocycles. The number of hydrogen-bond donors (Lipinski definition) is 1. The van der Waals surface area contributed by atoms with Crippen LogP contribution in [-0.4, -0.2) is 42.4 Å². The number of nitrogens with zero attached hydrogens (tertiary/aromatic N) is 2. The summed E-state index contributed by atoms with van der Waals surface area (Å²) in [7, 11) is 1.62. The van der Waals surface area contributed by atoms with Crippen LogP contribution in [0.3, 0.4) is 0 Å². The van der Waals surface area contributed by atoms with Crippen LogP contribution in [0.4, 0.5) is 5.82 Å². The number of methoxy groups -OCH3 is 1. The summed E-state index contributed by atoms with van der Waals surface area (Å²) in [6.45, 7) is 5.20. The third-order valence-electron chi connectivity index (χ3n) is 2.53. The van der Waals surface area contributed by atoms with E-state index in [2.05, 4.69) is 4.98 Å². The zero-order valence-corrected chi connectivity index (χ0v) is 11.4. The Hall–Kier alpha value is -1.33. The first-order valence-corrected chi connectivity index (χ1v) is 5.99. The maximum Gasteiger partial charge on any atom is 0.337 e. The van der Waals surface area contributed by atoms with Gasteiger partial charge in [0, 0.05) is 25.9 Å². The summed E-state index contributed by atoms with van der Waals surface area (Å²) in [4.78, 5) is 17.2. The van der Waals surface area contributed by atoms with E-state index in [1.54, 1.807) is 7.11 Å². The van der Waals surface area contributed by atoms with Crippen LogP contribution in [0.2, 0.25) is 5.02 Å².